The minimum Gasteiger partial charge on any atom is -0.368 e. The number of aromatic nitrogens is 2. The third-order valence-corrected chi connectivity index (χ3v) is 1.27. The van der Waals surface area contributed by atoms with Gasteiger partial charge in [0.25, 0.3) is 0 Å². The molecule has 0 spiro atoms. The molecule has 54 valence electrons. The van der Waals surface area contributed by atoms with Crippen molar-refractivity contribution in [1.29, 1.82) is 0 Å². The van der Waals surface area contributed by atoms with Crippen molar-refractivity contribution in [2.24, 2.45) is 0 Å². The van der Waals surface area contributed by atoms with E-state index in [2.05, 4.69) is 9.97 Å². The van der Waals surface area contributed by atoms with Crippen LogP contribution in [-0.2, 0) is 6.42 Å². The van der Waals surface area contributed by atoms with Crippen LogP contribution in [0.1, 0.15) is 5.69 Å². The number of halogens is 1. The summed E-state index contributed by atoms with van der Waals surface area (Å²) in [5, 5.41) is 0. The first-order chi connectivity index (χ1) is 4.83. The largest absolute Gasteiger partial charge is 0.368 e. The first kappa shape index (κ1) is 7.28. The first-order valence-electron chi connectivity index (χ1n) is 2.96. The van der Waals surface area contributed by atoms with Crippen LogP contribution in [0.3, 0.4) is 0 Å². The van der Waals surface area contributed by atoms with Crippen LogP contribution in [0.2, 0.25) is 0 Å². The van der Waals surface area contributed by atoms with E-state index >= 15 is 0 Å². The number of nitrogens with two attached hydrogens (primary N) is 1. The molecular weight excluding hydrogens is 150 g/mol. The number of alkyl halides is 1. The Hall–Kier alpha value is -0.830. The lowest BCUT2D eigenvalue weighted by molar-refractivity contribution is 1.01. The molecule has 0 saturated heterocycles. The highest BCUT2D eigenvalue weighted by Gasteiger charge is 1.92. The number of hydrogen-bond donors (Lipinski definition) is 1. The second-order valence-electron chi connectivity index (χ2n) is 1.85. The van der Waals surface area contributed by atoms with Gasteiger partial charge >= 0.3 is 0 Å². The number of nitrogens with zero attached hydrogens (tertiary/aromatic N) is 2. The van der Waals surface area contributed by atoms with Gasteiger partial charge in [-0.2, -0.15) is 0 Å². The SMILES string of the molecule is Nc1nccc(CCCl)n1. The normalized spacial score (nSPS) is 9.70. The van der Waals surface area contributed by atoms with Crippen LogP contribution in [0.25, 0.3) is 0 Å². The van der Waals surface area contributed by atoms with E-state index in [9.17, 15) is 0 Å². The van der Waals surface area contributed by atoms with E-state index in [1.165, 1.54) is 0 Å². The summed E-state index contributed by atoms with van der Waals surface area (Å²) in [6.45, 7) is 0. The molecule has 2 N–H and O–H groups in total. The van der Waals surface area contributed by atoms with Gasteiger partial charge in [-0.3, -0.25) is 0 Å². The van der Waals surface area contributed by atoms with Crippen molar-refractivity contribution in [3.63, 3.8) is 0 Å². The summed E-state index contributed by atoms with van der Waals surface area (Å²) in [5.41, 5.74) is 6.21. The molecule has 0 aliphatic rings. The van der Waals surface area contributed by atoms with Crippen LogP contribution in [-0.4, -0.2) is 15.8 Å². The molecule has 1 heterocycles. The Morgan fingerprint density at radius 3 is 3.00 bits per heavy atom. The zero-order valence-electron chi connectivity index (χ0n) is 5.42. The lowest BCUT2D eigenvalue weighted by Crippen LogP contribution is -1.98. The van der Waals surface area contributed by atoms with Gasteiger partial charge in [0.2, 0.25) is 5.95 Å². The molecule has 0 saturated carbocycles. The van der Waals surface area contributed by atoms with E-state index in [1.807, 2.05) is 0 Å². The topological polar surface area (TPSA) is 51.8 Å². The lowest BCUT2D eigenvalue weighted by Gasteiger charge is -1.95. The van der Waals surface area contributed by atoms with E-state index in [0.29, 0.717) is 11.8 Å². The average molecular weight is 158 g/mol. The van der Waals surface area contributed by atoms with Crippen molar-refractivity contribution < 1.29 is 0 Å². The average Bonchev–Trinajstić information content (AvgIpc) is 1.88. The summed E-state index contributed by atoms with van der Waals surface area (Å²) < 4.78 is 0. The second kappa shape index (κ2) is 3.37. The van der Waals surface area contributed by atoms with Crippen LogP contribution < -0.4 is 5.73 Å². The van der Waals surface area contributed by atoms with Crippen LogP contribution in [0.4, 0.5) is 5.95 Å². The van der Waals surface area contributed by atoms with Gasteiger partial charge in [0.1, 0.15) is 0 Å². The Morgan fingerprint density at radius 1 is 1.60 bits per heavy atom. The molecule has 0 unspecified atom stereocenters. The summed E-state index contributed by atoms with van der Waals surface area (Å²) in [6, 6.07) is 1.80. The molecule has 0 aliphatic heterocycles. The molecule has 0 aromatic carbocycles. The maximum absolute atomic E-state index is 5.49. The van der Waals surface area contributed by atoms with Gasteiger partial charge < -0.3 is 5.73 Å². The smallest absolute Gasteiger partial charge is 0.220 e. The highest BCUT2D eigenvalue weighted by Crippen LogP contribution is 1.97. The van der Waals surface area contributed by atoms with E-state index in [1.54, 1.807) is 12.3 Å². The molecule has 10 heavy (non-hydrogen) atoms. The van der Waals surface area contributed by atoms with Crippen LogP contribution in [0.5, 0.6) is 0 Å². The van der Waals surface area contributed by atoms with Crippen LogP contribution >= 0.6 is 11.6 Å². The third-order valence-electron chi connectivity index (χ3n) is 1.08. The predicted octanol–water partition coefficient (Wildman–Crippen LogP) is 0.840. The molecule has 0 atom stereocenters. The van der Waals surface area contributed by atoms with Gasteiger partial charge in [-0.15, -0.1) is 11.6 Å². The van der Waals surface area contributed by atoms with E-state index in [-0.39, 0.29) is 0 Å². The number of rotatable bonds is 2. The molecular formula is C6H8ClN3. The molecule has 0 amide bonds. The maximum atomic E-state index is 5.49. The Labute approximate surface area is 64.2 Å². The summed E-state index contributed by atoms with van der Waals surface area (Å²) >= 11 is 5.49. The highest BCUT2D eigenvalue weighted by molar-refractivity contribution is 6.17. The Balaban J connectivity index is 2.75. The van der Waals surface area contributed by atoms with Gasteiger partial charge in [0.05, 0.1) is 0 Å². The molecule has 1 aromatic heterocycles. The summed E-state index contributed by atoms with van der Waals surface area (Å²) in [4.78, 5) is 7.69. The highest BCUT2D eigenvalue weighted by atomic mass is 35.5. The van der Waals surface area contributed by atoms with E-state index in [0.717, 1.165) is 12.1 Å². The zero-order valence-corrected chi connectivity index (χ0v) is 6.17. The van der Waals surface area contributed by atoms with Crippen LogP contribution in [0.15, 0.2) is 12.3 Å². The zero-order chi connectivity index (χ0) is 7.40. The molecule has 0 aliphatic carbocycles. The van der Waals surface area contributed by atoms with Crippen molar-refractivity contribution in [2.45, 2.75) is 6.42 Å². The molecule has 3 nitrogen and oxygen atoms in total. The first-order valence-corrected chi connectivity index (χ1v) is 3.50. The number of hydrogen-bond acceptors (Lipinski definition) is 3. The van der Waals surface area contributed by atoms with Crippen molar-refractivity contribution in [2.75, 3.05) is 11.6 Å². The van der Waals surface area contributed by atoms with E-state index in [4.69, 9.17) is 17.3 Å². The predicted molar refractivity (Wildman–Crippen MR) is 40.9 cm³/mol. The Kier molecular flexibility index (Phi) is 2.45. The number of nitrogen functional groups attached to an aromatic ring is 1. The molecule has 0 bridgehead atoms. The lowest BCUT2D eigenvalue weighted by atomic mass is 10.3. The minimum atomic E-state index is 0.308. The van der Waals surface area contributed by atoms with Gasteiger partial charge in [0.15, 0.2) is 0 Å². The third kappa shape index (κ3) is 1.84. The van der Waals surface area contributed by atoms with Gasteiger partial charge in [0, 0.05) is 24.2 Å². The molecule has 1 aromatic rings. The quantitative estimate of drug-likeness (QED) is 0.648. The molecule has 4 heteroatoms. The number of aryl methyl sites for hydroxylation is 1. The molecule has 1 rings (SSSR count). The van der Waals surface area contributed by atoms with Crippen molar-refractivity contribution in [3.8, 4) is 0 Å². The maximum Gasteiger partial charge on any atom is 0.220 e. The minimum absolute atomic E-state index is 0.308. The van der Waals surface area contributed by atoms with Gasteiger partial charge in [-0.1, -0.05) is 0 Å². The van der Waals surface area contributed by atoms with E-state index < -0.39 is 0 Å². The Morgan fingerprint density at radius 2 is 2.40 bits per heavy atom. The second-order valence-corrected chi connectivity index (χ2v) is 2.22. The summed E-state index contributed by atoms with van der Waals surface area (Å²) in [5.74, 6) is 0.874. The van der Waals surface area contributed by atoms with Crippen LogP contribution in [0, 0.1) is 0 Å². The van der Waals surface area contributed by atoms with Gasteiger partial charge in [-0.25, -0.2) is 9.97 Å². The fraction of sp³-hybridized carbons (Fsp3) is 0.333. The molecule has 0 radical (unpaired) electrons. The van der Waals surface area contributed by atoms with Gasteiger partial charge in [-0.05, 0) is 6.07 Å². The monoisotopic (exact) mass is 157 g/mol. The fourth-order valence-electron chi connectivity index (χ4n) is 0.649. The fourth-order valence-corrected chi connectivity index (χ4v) is 0.843. The standard InChI is InChI=1S/C6H8ClN3/c7-3-1-5-2-4-9-6(8)10-5/h2,4H,1,3H2,(H2,8,9,10). The van der Waals surface area contributed by atoms with Crippen molar-refractivity contribution in [1.82, 2.24) is 9.97 Å². The summed E-state index contributed by atoms with van der Waals surface area (Å²) in [6.07, 6.45) is 2.37. The summed E-state index contributed by atoms with van der Waals surface area (Å²) in [7, 11) is 0. The Bertz CT molecular complexity index is 214. The van der Waals surface area contributed by atoms with Crippen molar-refractivity contribution >= 4 is 17.5 Å². The van der Waals surface area contributed by atoms with Crippen molar-refractivity contribution in [3.05, 3.63) is 18.0 Å². The molecule has 0 fully saturated rings. The number of anilines is 1.